The van der Waals surface area contributed by atoms with Crippen molar-refractivity contribution in [2.24, 2.45) is 0 Å². The Bertz CT molecular complexity index is 668. The van der Waals surface area contributed by atoms with Gasteiger partial charge >= 0.3 is 0 Å². The number of ether oxygens (including phenoxy) is 1. The van der Waals surface area contributed by atoms with E-state index in [-0.39, 0.29) is 12.0 Å². The van der Waals surface area contributed by atoms with Crippen LogP contribution in [0, 0.1) is 11.6 Å². The van der Waals surface area contributed by atoms with Crippen LogP contribution in [0.4, 0.5) is 8.78 Å². The highest BCUT2D eigenvalue weighted by Gasteiger charge is 2.24. The Morgan fingerprint density at radius 3 is 2.67 bits per heavy atom. The molecule has 0 spiro atoms. The summed E-state index contributed by atoms with van der Waals surface area (Å²) in [6, 6.07) is 6.99. The van der Waals surface area contributed by atoms with Crippen molar-refractivity contribution in [1.82, 2.24) is 0 Å². The van der Waals surface area contributed by atoms with Crippen molar-refractivity contribution in [1.29, 1.82) is 0 Å². The maximum absolute atomic E-state index is 13.7. The predicted octanol–water partition coefficient (Wildman–Crippen LogP) is 3.83. The highest BCUT2D eigenvalue weighted by atomic mass is 35.5. The van der Waals surface area contributed by atoms with Crippen LogP contribution in [0.15, 0.2) is 30.3 Å². The number of rotatable bonds is 3. The molecule has 2 aromatic rings. The normalized spacial score (nSPS) is 14.7. The third-order valence-corrected chi connectivity index (χ3v) is 3.81. The molecule has 0 saturated heterocycles. The molecule has 1 heterocycles. The fourth-order valence-electron chi connectivity index (χ4n) is 2.58. The Hall–Kier alpha value is -1.65. The molecule has 1 aliphatic rings. The van der Waals surface area contributed by atoms with Gasteiger partial charge in [0.25, 0.3) is 0 Å². The molecule has 3 rings (SSSR count). The molecule has 0 saturated carbocycles. The van der Waals surface area contributed by atoms with E-state index in [0.717, 1.165) is 5.56 Å². The molecule has 21 heavy (non-hydrogen) atoms. The van der Waals surface area contributed by atoms with Crippen molar-refractivity contribution in [3.05, 3.63) is 63.7 Å². The van der Waals surface area contributed by atoms with Crippen LogP contribution in [0.25, 0.3) is 0 Å². The van der Waals surface area contributed by atoms with Crippen LogP contribution in [-0.4, -0.2) is 11.7 Å². The summed E-state index contributed by atoms with van der Waals surface area (Å²) in [5.41, 5.74) is 1.24. The molecule has 2 nitrogen and oxygen atoms in total. The molecule has 2 aromatic carbocycles. The van der Waals surface area contributed by atoms with Gasteiger partial charge < -0.3 is 9.84 Å². The number of fused-ring (bicyclic) bond motifs is 1. The number of aliphatic hydroxyl groups is 1. The third kappa shape index (κ3) is 2.74. The molecule has 1 atom stereocenters. The summed E-state index contributed by atoms with van der Waals surface area (Å²) in [7, 11) is 0. The average Bonchev–Trinajstić information content (AvgIpc) is 2.90. The number of aliphatic hydroxyl groups excluding tert-OH is 1. The standard InChI is InChI=1S/C16H13ClF2O2/c17-10-6-9-4-5-21-16(9)12(7-10)15(20)8-11-13(18)2-1-3-14(11)19/h1-3,6-7,15,20H,4-5,8H2. The SMILES string of the molecule is OC(Cc1c(F)cccc1F)c1cc(Cl)cc2c1OCC2. The van der Waals surface area contributed by atoms with Crippen LogP contribution < -0.4 is 4.74 Å². The second-order valence-electron chi connectivity index (χ2n) is 5.00. The Balaban J connectivity index is 1.95. The Kier molecular flexibility index (Phi) is 3.83. The second kappa shape index (κ2) is 5.62. The maximum atomic E-state index is 13.7. The zero-order valence-electron chi connectivity index (χ0n) is 11.1. The Morgan fingerprint density at radius 2 is 1.95 bits per heavy atom. The van der Waals surface area contributed by atoms with E-state index in [0.29, 0.717) is 29.4 Å². The molecule has 0 radical (unpaired) electrons. The van der Waals surface area contributed by atoms with Crippen LogP contribution in [0.1, 0.15) is 22.8 Å². The third-order valence-electron chi connectivity index (χ3n) is 3.60. The summed E-state index contributed by atoms with van der Waals surface area (Å²) >= 11 is 6.02. The lowest BCUT2D eigenvalue weighted by molar-refractivity contribution is 0.171. The van der Waals surface area contributed by atoms with Crippen molar-refractivity contribution in [3.8, 4) is 5.75 Å². The summed E-state index contributed by atoms with van der Waals surface area (Å²) in [5.74, 6) is -0.772. The molecule has 1 unspecified atom stereocenters. The lowest BCUT2D eigenvalue weighted by atomic mass is 9.98. The fourth-order valence-corrected chi connectivity index (χ4v) is 2.83. The molecule has 5 heteroatoms. The molecule has 0 bridgehead atoms. The Labute approximate surface area is 125 Å². The van der Waals surface area contributed by atoms with E-state index in [1.807, 2.05) is 0 Å². The minimum Gasteiger partial charge on any atom is -0.493 e. The first kappa shape index (κ1) is 14.3. The molecule has 0 amide bonds. The first-order chi connectivity index (χ1) is 10.1. The van der Waals surface area contributed by atoms with Crippen molar-refractivity contribution in [3.63, 3.8) is 0 Å². The first-order valence-electron chi connectivity index (χ1n) is 6.62. The van der Waals surface area contributed by atoms with Gasteiger partial charge in [0.1, 0.15) is 17.4 Å². The maximum Gasteiger partial charge on any atom is 0.129 e. The van der Waals surface area contributed by atoms with Crippen LogP contribution >= 0.6 is 11.6 Å². The van der Waals surface area contributed by atoms with Crippen molar-refractivity contribution in [2.45, 2.75) is 18.9 Å². The van der Waals surface area contributed by atoms with Gasteiger partial charge in [-0.1, -0.05) is 17.7 Å². The quantitative estimate of drug-likeness (QED) is 0.933. The van der Waals surface area contributed by atoms with Crippen molar-refractivity contribution < 1.29 is 18.6 Å². The number of benzene rings is 2. The number of hydrogen-bond donors (Lipinski definition) is 1. The first-order valence-corrected chi connectivity index (χ1v) is 7.00. The van der Waals surface area contributed by atoms with Crippen LogP contribution in [0.2, 0.25) is 5.02 Å². The lowest BCUT2D eigenvalue weighted by Gasteiger charge is -2.16. The van der Waals surface area contributed by atoms with Gasteiger partial charge in [0.05, 0.1) is 12.7 Å². The molecule has 110 valence electrons. The Morgan fingerprint density at radius 1 is 1.24 bits per heavy atom. The molecular formula is C16H13ClF2O2. The highest BCUT2D eigenvalue weighted by Crippen LogP contribution is 2.37. The molecule has 1 aliphatic heterocycles. The highest BCUT2D eigenvalue weighted by molar-refractivity contribution is 6.30. The summed E-state index contributed by atoms with van der Waals surface area (Å²) in [4.78, 5) is 0. The molecular weight excluding hydrogens is 298 g/mol. The van der Waals surface area contributed by atoms with E-state index in [1.54, 1.807) is 12.1 Å². The lowest BCUT2D eigenvalue weighted by Crippen LogP contribution is -2.07. The largest absolute Gasteiger partial charge is 0.493 e. The van der Waals surface area contributed by atoms with Gasteiger partial charge in [0.15, 0.2) is 0 Å². The van der Waals surface area contributed by atoms with E-state index in [2.05, 4.69) is 0 Å². The van der Waals surface area contributed by atoms with Crippen LogP contribution in [0.3, 0.4) is 0 Å². The van der Waals surface area contributed by atoms with E-state index >= 15 is 0 Å². The smallest absolute Gasteiger partial charge is 0.129 e. The van der Waals surface area contributed by atoms with Gasteiger partial charge in [-0.3, -0.25) is 0 Å². The van der Waals surface area contributed by atoms with E-state index < -0.39 is 17.7 Å². The van der Waals surface area contributed by atoms with Crippen molar-refractivity contribution >= 4 is 11.6 Å². The van der Waals surface area contributed by atoms with E-state index in [4.69, 9.17) is 16.3 Å². The predicted molar refractivity (Wildman–Crippen MR) is 75.7 cm³/mol. The molecule has 0 fully saturated rings. The van der Waals surface area contributed by atoms with E-state index in [9.17, 15) is 13.9 Å². The summed E-state index contributed by atoms with van der Waals surface area (Å²) in [6.07, 6.45) is -0.542. The monoisotopic (exact) mass is 310 g/mol. The summed E-state index contributed by atoms with van der Waals surface area (Å²) in [6.45, 7) is 0.517. The summed E-state index contributed by atoms with van der Waals surface area (Å²) in [5, 5.41) is 10.8. The van der Waals surface area contributed by atoms with Gasteiger partial charge in [-0.15, -0.1) is 0 Å². The minimum atomic E-state index is -1.08. The molecule has 0 aromatic heterocycles. The number of halogens is 3. The molecule has 0 aliphatic carbocycles. The zero-order valence-corrected chi connectivity index (χ0v) is 11.8. The van der Waals surface area contributed by atoms with Crippen LogP contribution in [0.5, 0.6) is 5.75 Å². The van der Waals surface area contributed by atoms with Crippen LogP contribution in [-0.2, 0) is 12.8 Å². The number of hydrogen-bond acceptors (Lipinski definition) is 2. The fraction of sp³-hybridized carbons (Fsp3) is 0.250. The van der Waals surface area contributed by atoms with Crippen molar-refractivity contribution in [2.75, 3.05) is 6.61 Å². The van der Waals surface area contributed by atoms with Gasteiger partial charge in [0.2, 0.25) is 0 Å². The zero-order chi connectivity index (χ0) is 15.0. The van der Waals surface area contributed by atoms with Gasteiger partial charge in [-0.2, -0.15) is 0 Å². The average molecular weight is 311 g/mol. The molecule has 1 N–H and O–H groups in total. The van der Waals surface area contributed by atoms with E-state index in [1.165, 1.54) is 18.2 Å². The van der Waals surface area contributed by atoms with Gasteiger partial charge in [-0.05, 0) is 29.8 Å². The minimum absolute atomic E-state index is 0.142. The topological polar surface area (TPSA) is 29.5 Å². The summed E-state index contributed by atoms with van der Waals surface area (Å²) < 4.78 is 32.8. The second-order valence-corrected chi connectivity index (χ2v) is 5.44. The van der Waals surface area contributed by atoms with Gasteiger partial charge in [-0.25, -0.2) is 8.78 Å². The van der Waals surface area contributed by atoms with Gasteiger partial charge in [0, 0.05) is 29.0 Å².